The van der Waals surface area contributed by atoms with E-state index in [0.717, 1.165) is 42.4 Å². The summed E-state index contributed by atoms with van der Waals surface area (Å²) >= 11 is 7.65. The van der Waals surface area contributed by atoms with Crippen molar-refractivity contribution in [3.8, 4) is 0 Å². The first kappa shape index (κ1) is 15.0. The van der Waals surface area contributed by atoms with Crippen LogP contribution in [0.25, 0.3) is 0 Å². The molecule has 1 fully saturated rings. The lowest BCUT2D eigenvalue weighted by molar-refractivity contribution is -0.00386. The average Bonchev–Trinajstić information content (AvgIpc) is 2.93. The van der Waals surface area contributed by atoms with Gasteiger partial charge in [-0.2, -0.15) is 0 Å². The van der Waals surface area contributed by atoms with Gasteiger partial charge in [-0.3, -0.25) is 9.88 Å². The molecule has 0 unspecified atom stereocenters. The molecule has 3 rings (SSSR count). The number of thiophene rings is 1. The number of nitrogens with zero attached hydrogens (tertiary/aromatic N) is 2. The van der Waals surface area contributed by atoms with Crippen LogP contribution in [-0.4, -0.2) is 29.1 Å². The number of hydrogen-bond donors (Lipinski definition) is 0. The van der Waals surface area contributed by atoms with E-state index in [9.17, 15) is 0 Å². The fourth-order valence-corrected chi connectivity index (χ4v) is 3.72. The maximum atomic E-state index is 5.99. The number of piperidine rings is 1. The molecule has 1 aliphatic rings. The van der Waals surface area contributed by atoms with Gasteiger partial charge in [0.2, 0.25) is 0 Å². The van der Waals surface area contributed by atoms with Crippen LogP contribution in [0.4, 0.5) is 0 Å². The second-order valence-corrected chi connectivity index (χ2v) is 7.15. The molecule has 0 atom stereocenters. The van der Waals surface area contributed by atoms with Crippen LogP contribution < -0.4 is 0 Å². The Morgan fingerprint density at radius 1 is 1.29 bits per heavy atom. The Morgan fingerprint density at radius 2 is 2.14 bits per heavy atom. The van der Waals surface area contributed by atoms with Gasteiger partial charge >= 0.3 is 0 Å². The molecule has 0 saturated carbocycles. The molecule has 2 aromatic heterocycles. The maximum absolute atomic E-state index is 5.99. The van der Waals surface area contributed by atoms with Crippen LogP contribution in [0.15, 0.2) is 36.7 Å². The van der Waals surface area contributed by atoms with Gasteiger partial charge in [-0.05, 0) is 36.6 Å². The number of likely N-dealkylation sites (tertiary alicyclic amines) is 1. The van der Waals surface area contributed by atoms with Crippen LogP contribution in [0.3, 0.4) is 0 Å². The van der Waals surface area contributed by atoms with Crippen LogP contribution >= 0.6 is 22.9 Å². The lowest BCUT2D eigenvalue weighted by Gasteiger charge is -2.31. The van der Waals surface area contributed by atoms with Crippen molar-refractivity contribution in [3.05, 3.63) is 51.4 Å². The van der Waals surface area contributed by atoms with Crippen molar-refractivity contribution < 1.29 is 4.74 Å². The van der Waals surface area contributed by atoms with Crippen LogP contribution in [0.2, 0.25) is 4.34 Å². The number of ether oxygens (including phenoxy) is 1. The molecule has 0 bridgehead atoms. The summed E-state index contributed by atoms with van der Waals surface area (Å²) in [7, 11) is 0. The Hall–Kier alpha value is -0.940. The lowest BCUT2D eigenvalue weighted by atomic mass is 10.1. The standard InChI is InChI=1S/C16H19ClN2OS/c17-16-4-3-15(21-16)11-19-8-5-14(6-9-19)20-12-13-2-1-7-18-10-13/h1-4,7,10,14H,5-6,8-9,11-12H2. The predicted molar refractivity (Wildman–Crippen MR) is 86.7 cm³/mol. The normalized spacial score (nSPS) is 17.2. The van der Waals surface area contributed by atoms with Crippen molar-refractivity contribution in [2.24, 2.45) is 0 Å². The third kappa shape index (κ3) is 4.51. The highest BCUT2D eigenvalue weighted by atomic mass is 35.5. The van der Waals surface area contributed by atoms with Gasteiger partial charge in [0.05, 0.1) is 17.0 Å². The van der Waals surface area contributed by atoms with Gasteiger partial charge in [0.25, 0.3) is 0 Å². The number of halogens is 1. The Morgan fingerprint density at radius 3 is 2.81 bits per heavy atom. The quantitative estimate of drug-likeness (QED) is 0.832. The number of hydrogen-bond acceptors (Lipinski definition) is 4. The largest absolute Gasteiger partial charge is 0.373 e. The van der Waals surface area contributed by atoms with Crippen molar-refractivity contribution >= 4 is 22.9 Å². The maximum Gasteiger partial charge on any atom is 0.0931 e. The number of pyridine rings is 1. The van der Waals surface area contributed by atoms with Gasteiger partial charge in [0.1, 0.15) is 0 Å². The SMILES string of the molecule is Clc1ccc(CN2CCC(OCc3cccnc3)CC2)s1. The van der Waals surface area contributed by atoms with Crippen LogP contribution in [0, 0.1) is 0 Å². The zero-order valence-electron chi connectivity index (χ0n) is 11.9. The average molecular weight is 323 g/mol. The fraction of sp³-hybridized carbons (Fsp3) is 0.438. The van der Waals surface area contributed by atoms with E-state index in [1.807, 2.05) is 18.3 Å². The Kier molecular flexibility index (Phi) is 5.25. The van der Waals surface area contributed by atoms with E-state index < -0.39 is 0 Å². The molecule has 0 radical (unpaired) electrons. The van der Waals surface area contributed by atoms with E-state index in [1.165, 1.54) is 4.88 Å². The van der Waals surface area contributed by atoms with Gasteiger partial charge in [0.15, 0.2) is 0 Å². The van der Waals surface area contributed by atoms with Crippen molar-refractivity contribution in [2.45, 2.75) is 32.1 Å². The van der Waals surface area contributed by atoms with Crippen LogP contribution in [0.1, 0.15) is 23.3 Å². The summed E-state index contributed by atoms with van der Waals surface area (Å²) in [5.74, 6) is 0. The third-order valence-electron chi connectivity index (χ3n) is 3.75. The lowest BCUT2D eigenvalue weighted by Crippen LogP contribution is -2.36. The first-order chi connectivity index (χ1) is 10.3. The molecule has 0 aliphatic carbocycles. The first-order valence-electron chi connectivity index (χ1n) is 7.26. The topological polar surface area (TPSA) is 25.4 Å². The van der Waals surface area contributed by atoms with Gasteiger partial charge < -0.3 is 4.74 Å². The molecule has 3 nitrogen and oxygen atoms in total. The van der Waals surface area contributed by atoms with Crippen molar-refractivity contribution in [2.75, 3.05) is 13.1 Å². The minimum atomic E-state index is 0.369. The van der Waals surface area contributed by atoms with Crippen molar-refractivity contribution in [3.63, 3.8) is 0 Å². The molecule has 0 spiro atoms. The number of rotatable bonds is 5. The minimum Gasteiger partial charge on any atom is -0.373 e. The van der Waals surface area contributed by atoms with Gasteiger partial charge in [0, 0.05) is 36.9 Å². The van der Waals surface area contributed by atoms with Crippen LogP contribution in [0.5, 0.6) is 0 Å². The molecular formula is C16H19ClN2OS. The molecule has 2 aromatic rings. The molecule has 112 valence electrons. The second-order valence-electron chi connectivity index (χ2n) is 5.35. The summed E-state index contributed by atoms with van der Waals surface area (Å²) in [5, 5.41) is 0. The number of aromatic nitrogens is 1. The Bertz CT molecular complexity index is 552. The molecule has 3 heterocycles. The smallest absolute Gasteiger partial charge is 0.0931 e. The monoisotopic (exact) mass is 322 g/mol. The highest BCUT2D eigenvalue weighted by Crippen LogP contribution is 2.24. The van der Waals surface area contributed by atoms with Crippen molar-refractivity contribution in [1.82, 2.24) is 9.88 Å². The summed E-state index contributed by atoms with van der Waals surface area (Å²) in [6.07, 6.45) is 6.22. The van der Waals surface area contributed by atoms with E-state index in [0.29, 0.717) is 12.7 Å². The zero-order chi connectivity index (χ0) is 14.5. The van der Waals surface area contributed by atoms with E-state index in [4.69, 9.17) is 16.3 Å². The van der Waals surface area contributed by atoms with E-state index in [-0.39, 0.29) is 0 Å². The zero-order valence-corrected chi connectivity index (χ0v) is 13.4. The summed E-state index contributed by atoms with van der Waals surface area (Å²) in [6, 6.07) is 8.11. The van der Waals surface area contributed by atoms with Gasteiger partial charge in [-0.25, -0.2) is 0 Å². The second kappa shape index (κ2) is 7.36. The molecule has 1 saturated heterocycles. The molecule has 21 heavy (non-hydrogen) atoms. The van der Waals surface area contributed by atoms with Gasteiger partial charge in [-0.1, -0.05) is 17.7 Å². The summed E-state index contributed by atoms with van der Waals surface area (Å²) in [4.78, 5) is 7.93. The molecule has 0 N–H and O–H groups in total. The van der Waals surface area contributed by atoms with E-state index in [2.05, 4.69) is 22.0 Å². The molecular weight excluding hydrogens is 304 g/mol. The third-order valence-corrected chi connectivity index (χ3v) is 4.97. The summed E-state index contributed by atoms with van der Waals surface area (Å²) in [6.45, 7) is 3.85. The van der Waals surface area contributed by atoms with E-state index in [1.54, 1.807) is 17.5 Å². The van der Waals surface area contributed by atoms with E-state index >= 15 is 0 Å². The molecule has 0 aromatic carbocycles. The fourth-order valence-electron chi connectivity index (χ4n) is 2.59. The molecule has 1 aliphatic heterocycles. The minimum absolute atomic E-state index is 0.369. The highest BCUT2D eigenvalue weighted by Gasteiger charge is 2.20. The Labute approximate surface area is 134 Å². The summed E-state index contributed by atoms with van der Waals surface area (Å²) < 4.78 is 6.86. The first-order valence-corrected chi connectivity index (χ1v) is 8.46. The van der Waals surface area contributed by atoms with Crippen molar-refractivity contribution in [1.29, 1.82) is 0 Å². The van der Waals surface area contributed by atoms with Gasteiger partial charge in [-0.15, -0.1) is 11.3 Å². The van der Waals surface area contributed by atoms with Crippen LogP contribution in [-0.2, 0) is 17.9 Å². The summed E-state index contributed by atoms with van der Waals surface area (Å²) in [5.41, 5.74) is 1.15. The highest BCUT2D eigenvalue weighted by molar-refractivity contribution is 7.16. The molecule has 0 amide bonds. The predicted octanol–water partition coefficient (Wildman–Crippen LogP) is 3.98. The molecule has 5 heteroatoms. The Balaban J connectivity index is 1.40.